The topological polar surface area (TPSA) is 41.3 Å². The molecule has 1 unspecified atom stereocenters. The van der Waals surface area contributed by atoms with Gasteiger partial charge in [-0.05, 0) is 39.2 Å². The van der Waals surface area contributed by atoms with Gasteiger partial charge in [-0.25, -0.2) is 0 Å². The smallest absolute Gasteiger partial charge is 0.142 e. The summed E-state index contributed by atoms with van der Waals surface area (Å²) >= 11 is 1.58. The molecular weight excluding hydrogens is 234 g/mol. The summed E-state index contributed by atoms with van der Waals surface area (Å²) < 4.78 is 1.86. The Morgan fingerprint density at radius 3 is 2.65 bits per heavy atom. The summed E-state index contributed by atoms with van der Waals surface area (Å²) in [6, 6.07) is 6.01. The number of hydrogen-bond donors (Lipinski definition) is 1. The van der Waals surface area contributed by atoms with Gasteiger partial charge in [-0.3, -0.25) is 9.58 Å². The summed E-state index contributed by atoms with van der Waals surface area (Å²) in [7, 11) is 5.64. The van der Waals surface area contributed by atoms with Gasteiger partial charge in [0.25, 0.3) is 0 Å². The Hall–Kier alpha value is -1.17. The van der Waals surface area contributed by atoms with Gasteiger partial charge in [0.15, 0.2) is 0 Å². The van der Waals surface area contributed by atoms with Crippen molar-refractivity contribution in [3.63, 3.8) is 0 Å². The summed E-state index contributed by atoms with van der Waals surface area (Å²) in [6.07, 6.45) is -0.543. The average Bonchev–Trinajstić information content (AvgIpc) is 2.85. The van der Waals surface area contributed by atoms with Gasteiger partial charge in [-0.15, -0.1) is 11.3 Å². The summed E-state index contributed by atoms with van der Waals surface area (Å²) in [6.45, 7) is 2.03. The largest absolute Gasteiger partial charge is 0.373 e. The van der Waals surface area contributed by atoms with Crippen molar-refractivity contribution in [1.82, 2.24) is 14.7 Å². The van der Waals surface area contributed by atoms with E-state index in [1.165, 1.54) is 0 Å². The molecule has 0 radical (unpaired) electrons. The quantitative estimate of drug-likeness (QED) is 0.848. The fourth-order valence-electron chi connectivity index (χ4n) is 1.56. The first-order valence-corrected chi connectivity index (χ1v) is 6.26. The summed E-state index contributed by atoms with van der Waals surface area (Å²) in [5.74, 6) is 0. The number of aryl methyl sites for hydroxylation is 2. The summed E-state index contributed by atoms with van der Waals surface area (Å²) in [5.41, 5.74) is 2.09. The number of hydrogen-bond acceptors (Lipinski definition) is 4. The van der Waals surface area contributed by atoms with Crippen LogP contribution in [-0.2, 0) is 7.05 Å². The Balaban J connectivity index is 2.29. The second-order valence-corrected chi connectivity index (χ2v) is 5.45. The molecular formula is C12H17N3OS. The Kier molecular flexibility index (Phi) is 3.33. The third kappa shape index (κ3) is 2.41. The number of aliphatic hydroxyl groups excluding tert-OH is 1. The highest BCUT2D eigenvalue weighted by molar-refractivity contribution is 7.15. The van der Waals surface area contributed by atoms with Crippen LogP contribution in [-0.4, -0.2) is 33.9 Å². The maximum Gasteiger partial charge on any atom is 0.142 e. The number of thiophene rings is 1. The number of aromatic nitrogens is 2. The molecule has 2 aromatic rings. The highest BCUT2D eigenvalue weighted by Crippen LogP contribution is 2.31. The summed E-state index contributed by atoms with van der Waals surface area (Å²) in [5, 5.41) is 14.4. The van der Waals surface area contributed by atoms with Gasteiger partial charge >= 0.3 is 0 Å². The molecule has 0 fully saturated rings. The van der Waals surface area contributed by atoms with Crippen molar-refractivity contribution in [1.29, 1.82) is 0 Å². The van der Waals surface area contributed by atoms with Gasteiger partial charge in [-0.1, -0.05) is 0 Å². The van der Waals surface area contributed by atoms with E-state index in [9.17, 15) is 5.11 Å². The van der Waals surface area contributed by atoms with Crippen molar-refractivity contribution in [3.8, 4) is 10.6 Å². The third-order valence-electron chi connectivity index (χ3n) is 2.74. The maximum absolute atomic E-state index is 9.93. The van der Waals surface area contributed by atoms with E-state index in [1.807, 2.05) is 44.9 Å². The molecule has 0 spiro atoms. The first kappa shape index (κ1) is 12.3. The zero-order valence-electron chi connectivity index (χ0n) is 10.5. The third-order valence-corrected chi connectivity index (χ3v) is 3.88. The predicted molar refractivity (Wildman–Crippen MR) is 69.9 cm³/mol. The molecule has 0 saturated heterocycles. The van der Waals surface area contributed by atoms with E-state index in [0.29, 0.717) is 0 Å². The van der Waals surface area contributed by atoms with Crippen LogP contribution in [0, 0.1) is 6.92 Å². The van der Waals surface area contributed by atoms with Crippen LogP contribution in [0.25, 0.3) is 10.6 Å². The second kappa shape index (κ2) is 4.60. The van der Waals surface area contributed by atoms with E-state index >= 15 is 0 Å². The fourth-order valence-corrected chi connectivity index (χ4v) is 2.61. The van der Waals surface area contributed by atoms with E-state index in [1.54, 1.807) is 16.2 Å². The van der Waals surface area contributed by atoms with Crippen molar-refractivity contribution in [2.24, 2.45) is 7.05 Å². The zero-order valence-corrected chi connectivity index (χ0v) is 11.3. The Labute approximate surface area is 105 Å². The van der Waals surface area contributed by atoms with Gasteiger partial charge in [0.2, 0.25) is 0 Å². The minimum Gasteiger partial charge on any atom is -0.373 e. The van der Waals surface area contributed by atoms with Crippen LogP contribution < -0.4 is 0 Å². The molecule has 2 rings (SSSR count). The SMILES string of the molecule is Cc1cc(-c2ccc(C(O)N(C)C)s2)nn1C. The molecule has 92 valence electrons. The zero-order chi connectivity index (χ0) is 12.6. The lowest BCUT2D eigenvalue weighted by atomic mass is 10.3. The molecule has 1 N–H and O–H groups in total. The van der Waals surface area contributed by atoms with Crippen LogP contribution in [0.15, 0.2) is 18.2 Å². The molecule has 0 aliphatic heterocycles. The van der Waals surface area contributed by atoms with E-state index < -0.39 is 6.23 Å². The first-order valence-electron chi connectivity index (χ1n) is 5.44. The van der Waals surface area contributed by atoms with E-state index in [4.69, 9.17) is 0 Å². The molecule has 5 heteroatoms. The fraction of sp³-hybridized carbons (Fsp3) is 0.417. The molecule has 0 amide bonds. The lowest BCUT2D eigenvalue weighted by Gasteiger charge is -2.16. The standard InChI is InChI=1S/C12H17N3OS/c1-8-7-9(13-15(8)4)10-5-6-11(17-10)12(16)14(2)3/h5-7,12,16H,1-4H3. The average molecular weight is 251 g/mol. The monoisotopic (exact) mass is 251 g/mol. The van der Waals surface area contributed by atoms with Gasteiger partial charge in [0.1, 0.15) is 11.9 Å². The minimum atomic E-state index is -0.543. The molecule has 17 heavy (non-hydrogen) atoms. The molecule has 0 bridgehead atoms. The minimum absolute atomic E-state index is 0.543. The van der Waals surface area contributed by atoms with Gasteiger partial charge < -0.3 is 5.11 Å². The molecule has 2 heterocycles. The van der Waals surface area contributed by atoms with Gasteiger partial charge in [0.05, 0.1) is 4.88 Å². The Bertz CT molecular complexity index is 496. The first-order chi connectivity index (χ1) is 7.99. The van der Waals surface area contributed by atoms with E-state index in [0.717, 1.165) is 21.1 Å². The van der Waals surface area contributed by atoms with Crippen LogP contribution in [0.4, 0.5) is 0 Å². The number of aliphatic hydroxyl groups is 1. The highest BCUT2D eigenvalue weighted by atomic mass is 32.1. The van der Waals surface area contributed by atoms with Crippen molar-refractivity contribution in [2.75, 3.05) is 14.1 Å². The van der Waals surface area contributed by atoms with Crippen LogP contribution in [0.1, 0.15) is 16.8 Å². The highest BCUT2D eigenvalue weighted by Gasteiger charge is 2.14. The van der Waals surface area contributed by atoms with Crippen molar-refractivity contribution < 1.29 is 5.11 Å². The van der Waals surface area contributed by atoms with Crippen molar-refractivity contribution >= 4 is 11.3 Å². The van der Waals surface area contributed by atoms with Crippen LogP contribution in [0.3, 0.4) is 0 Å². The van der Waals surface area contributed by atoms with E-state index in [2.05, 4.69) is 11.2 Å². The summed E-state index contributed by atoms with van der Waals surface area (Å²) in [4.78, 5) is 3.80. The molecule has 2 aromatic heterocycles. The van der Waals surface area contributed by atoms with Gasteiger partial charge in [0, 0.05) is 17.6 Å². The maximum atomic E-state index is 9.93. The van der Waals surface area contributed by atoms with Crippen molar-refractivity contribution in [3.05, 3.63) is 28.8 Å². The number of nitrogens with zero attached hydrogens (tertiary/aromatic N) is 3. The second-order valence-electron chi connectivity index (χ2n) is 4.33. The molecule has 0 aromatic carbocycles. The molecule has 1 atom stereocenters. The molecule has 0 aliphatic rings. The molecule has 0 aliphatic carbocycles. The van der Waals surface area contributed by atoms with E-state index in [-0.39, 0.29) is 0 Å². The lowest BCUT2D eigenvalue weighted by molar-refractivity contribution is 0.0427. The van der Waals surface area contributed by atoms with Crippen LogP contribution in [0.2, 0.25) is 0 Å². The Morgan fingerprint density at radius 1 is 1.41 bits per heavy atom. The van der Waals surface area contributed by atoms with Crippen molar-refractivity contribution in [2.45, 2.75) is 13.2 Å². The number of rotatable bonds is 3. The van der Waals surface area contributed by atoms with Crippen LogP contribution in [0.5, 0.6) is 0 Å². The molecule has 4 nitrogen and oxygen atoms in total. The normalized spacial score (nSPS) is 13.3. The van der Waals surface area contributed by atoms with Crippen LogP contribution >= 0.6 is 11.3 Å². The molecule has 0 saturated carbocycles. The predicted octanol–water partition coefficient (Wildman–Crippen LogP) is 2.01. The van der Waals surface area contributed by atoms with Gasteiger partial charge in [-0.2, -0.15) is 5.10 Å². The lowest BCUT2D eigenvalue weighted by Crippen LogP contribution is -2.17. The Morgan fingerprint density at radius 2 is 2.12 bits per heavy atom.